The van der Waals surface area contributed by atoms with Crippen LogP contribution in [0.4, 0.5) is 0 Å². The zero-order valence-corrected chi connectivity index (χ0v) is 7.02. The van der Waals surface area contributed by atoms with Crippen LogP contribution in [0.3, 0.4) is 0 Å². The lowest BCUT2D eigenvalue weighted by molar-refractivity contribution is -0.121. The molecule has 60 valence electrons. The average molecular weight is 171 g/mol. The molecule has 0 aliphatic rings. The van der Waals surface area contributed by atoms with Crippen LogP contribution in [-0.4, -0.2) is 22.5 Å². The maximum Gasteiger partial charge on any atom is 0.164 e. The van der Waals surface area contributed by atoms with Crippen molar-refractivity contribution in [2.45, 2.75) is 13.3 Å². The standard InChI is InChI=1S/C7H9NO2S/c1-5-3-8-7(11-5)2-6(10)4-9/h3,9H,2,4H2,1H3. The lowest BCUT2D eigenvalue weighted by Gasteiger charge is -1.89. The van der Waals surface area contributed by atoms with Crippen molar-refractivity contribution in [1.29, 1.82) is 0 Å². The first-order valence-electron chi connectivity index (χ1n) is 3.26. The lowest BCUT2D eigenvalue weighted by atomic mass is 10.3. The Morgan fingerprint density at radius 1 is 1.82 bits per heavy atom. The van der Waals surface area contributed by atoms with Gasteiger partial charge in [0.05, 0.1) is 6.42 Å². The van der Waals surface area contributed by atoms with Gasteiger partial charge in [0.25, 0.3) is 0 Å². The summed E-state index contributed by atoms with van der Waals surface area (Å²) in [5.41, 5.74) is 0. The molecule has 1 N–H and O–H groups in total. The third-order valence-electron chi connectivity index (χ3n) is 1.19. The van der Waals surface area contributed by atoms with Crippen molar-refractivity contribution >= 4 is 17.1 Å². The molecule has 1 aromatic heterocycles. The van der Waals surface area contributed by atoms with Crippen LogP contribution < -0.4 is 0 Å². The van der Waals surface area contributed by atoms with Gasteiger partial charge in [0, 0.05) is 11.1 Å². The van der Waals surface area contributed by atoms with Crippen LogP contribution in [0.15, 0.2) is 6.20 Å². The van der Waals surface area contributed by atoms with Crippen LogP contribution in [-0.2, 0) is 11.2 Å². The maximum absolute atomic E-state index is 10.7. The Morgan fingerprint density at radius 3 is 3.00 bits per heavy atom. The molecule has 3 nitrogen and oxygen atoms in total. The molecule has 1 aromatic rings. The number of aromatic nitrogens is 1. The van der Waals surface area contributed by atoms with E-state index in [9.17, 15) is 4.79 Å². The van der Waals surface area contributed by atoms with Crippen LogP contribution in [0.5, 0.6) is 0 Å². The van der Waals surface area contributed by atoms with E-state index in [0.717, 1.165) is 9.88 Å². The van der Waals surface area contributed by atoms with E-state index in [0.29, 0.717) is 0 Å². The molecular formula is C7H9NO2S. The summed E-state index contributed by atoms with van der Waals surface area (Å²) in [6, 6.07) is 0. The van der Waals surface area contributed by atoms with Crippen LogP contribution >= 0.6 is 11.3 Å². The highest BCUT2D eigenvalue weighted by atomic mass is 32.1. The Bertz CT molecular complexity index is 257. The molecule has 0 saturated carbocycles. The number of aryl methyl sites for hydroxylation is 1. The summed E-state index contributed by atoms with van der Waals surface area (Å²) in [6.07, 6.45) is 1.99. The van der Waals surface area contributed by atoms with Gasteiger partial charge in [0.2, 0.25) is 0 Å². The molecule has 0 amide bonds. The van der Waals surface area contributed by atoms with Gasteiger partial charge in [0.15, 0.2) is 5.78 Å². The first kappa shape index (κ1) is 8.36. The number of ketones is 1. The molecule has 11 heavy (non-hydrogen) atoms. The number of Topliss-reactive ketones (excluding diaryl/α,β-unsaturated/α-hetero) is 1. The number of nitrogens with zero attached hydrogens (tertiary/aromatic N) is 1. The van der Waals surface area contributed by atoms with Crippen LogP contribution in [0, 0.1) is 6.92 Å². The first-order chi connectivity index (χ1) is 5.22. The van der Waals surface area contributed by atoms with E-state index in [-0.39, 0.29) is 12.2 Å². The lowest BCUT2D eigenvalue weighted by Crippen LogP contribution is -2.06. The van der Waals surface area contributed by atoms with Gasteiger partial charge >= 0.3 is 0 Å². The fourth-order valence-electron chi connectivity index (χ4n) is 0.708. The van der Waals surface area contributed by atoms with E-state index in [1.807, 2.05) is 6.92 Å². The van der Waals surface area contributed by atoms with E-state index in [2.05, 4.69) is 4.98 Å². The Kier molecular flexibility index (Phi) is 2.73. The summed E-state index contributed by atoms with van der Waals surface area (Å²) in [7, 11) is 0. The smallest absolute Gasteiger partial charge is 0.164 e. The van der Waals surface area contributed by atoms with Crippen molar-refractivity contribution in [3.8, 4) is 0 Å². The van der Waals surface area contributed by atoms with Gasteiger partial charge in [-0.05, 0) is 6.92 Å². The zero-order chi connectivity index (χ0) is 8.27. The van der Waals surface area contributed by atoms with E-state index in [1.165, 1.54) is 11.3 Å². The van der Waals surface area contributed by atoms with Gasteiger partial charge in [-0.25, -0.2) is 4.98 Å². The molecule has 0 aliphatic heterocycles. The van der Waals surface area contributed by atoms with Crippen LogP contribution in [0.1, 0.15) is 9.88 Å². The Balaban J connectivity index is 2.57. The quantitative estimate of drug-likeness (QED) is 0.722. The van der Waals surface area contributed by atoms with Crippen molar-refractivity contribution in [2.24, 2.45) is 0 Å². The SMILES string of the molecule is Cc1cnc(CC(=O)CO)s1. The van der Waals surface area contributed by atoms with Gasteiger partial charge in [-0.1, -0.05) is 0 Å². The third-order valence-corrected chi connectivity index (χ3v) is 2.11. The largest absolute Gasteiger partial charge is 0.389 e. The minimum Gasteiger partial charge on any atom is -0.389 e. The molecule has 0 atom stereocenters. The summed E-state index contributed by atoms with van der Waals surface area (Å²) in [4.78, 5) is 15.8. The summed E-state index contributed by atoms with van der Waals surface area (Å²) in [5.74, 6) is -0.181. The number of thiazole rings is 1. The number of aliphatic hydroxyl groups excluding tert-OH is 1. The molecule has 0 aliphatic carbocycles. The van der Waals surface area contributed by atoms with Gasteiger partial charge < -0.3 is 5.11 Å². The molecule has 0 saturated heterocycles. The Morgan fingerprint density at radius 2 is 2.55 bits per heavy atom. The minimum atomic E-state index is -0.390. The van der Waals surface area contributed by atoms with Gasteiger partial charge in [-0.2, -0.15) is 0 Å². The van der Waals surface area contributed by atoms with E-state index in [1.54, 1.807) is 6.20 Å². The maximum atomic E-state index is 10.7. The molecule has 4 heteroatoms. The molecule has 0 aromatic carbocycles. The number of aliphatic hydroxyl groups is 1. The number of rotatable bonds is 3. The van der Waals surface area contributed by atoms with Gasteiger partial charge in [0.1, 0.15) is 11.6 Å². The highest BCUT2D eigenvalue weighted by Crippen LogP contribution is 2.11. The molecule has 0 radical (unpaired) electrons. The molecule has 0 unspecified atom stereocenters. The third kappa shape index (κ3) is 2.40. The molecule has 1 heterocycles. The first-order valence-corrected chi connectivity index (χ1v) is 4.08. The van der Waals surface area contributed by atoms with Crippen molar-refractivity contribution < 1.29 is 9.90 Å². The van der Waals surface area contributed by atoms with Crippen LogP contribution in [0.25, 0.3) is 0 Å². The Labute approximate surface area is 68.7 Å². The molecule has 0 spiro atoms. The second-order valence-corrected chi connectivity index (χ2v) is 3.56. The number of carbonyl (C=O) groups excluding carboxylic acids is 1. The summed E-state index contributed by atoms with van der Waals surface area (Å²) < 4.78 is 0. The molecular weight excluding hydrogens is 162 g/mol. The molecule has 0 fully saturated rings. The zero-order valence-electron chi connectivity index (χ0n) is 6.20. The highest BCUT2D eigenvalue weighted by molar-refractivity contribution is 7.11. The van der Waals surface area contributed by atoms with E-state index < -0.39 is 6.61 Å². The number of hydrogen-bond donors (Lipinski definition) is 1. The predicted octanol–water partition coefficient (Wildman–Crippen LogP) is 0.555. The van der Waals surface area contributed by atoms with E-state index >= 15 is 0 Å². The molecule has 0 bridgehead atoms. The summed E-state index contributed by atoms with van der Waals surface area (Å²) >= 11 is 1.49. The second-order valence-electron chi connectivity index (χ2n) is 2.24. The average Bonchev–Trinajstić information content (AvgIpc) is 2.35. The summed E-state index contributed by atoms with van der Waals surface area (Å²) in [5, 5.41) is 9.21. The molecule has 1 rings (SSSR count). The van der Waals surface area contributed by atoms with E-state index in [4.69, 9.17) is 5.11 Å². The minimum absolute atomic E-state index is 0.181. The monoisotopic (exact) mass is 171 g/mol. The fourth-order valence-corrected chi connectivity index (χ4v) is 1.52. The van der Waals surface area contributed by atoms with Gasteiger partial charge in [-0.15, -0.1) is 11.3 Å². The topological polar surface area (TPSA) is 50.2 Å². The number of hydrogen-bond acceptors (Lipinski definition) is 4. The van der Waals surface area contributed by atoms with Gasteiger partial charge in [-0.3, -0.25) is 4.79 Å². The predicted molar refractivity (Wildman–Crippen MR) is 42.6 cm³/mol. The normalized spacial score (nSPS) is 10.0. The van der Waals surface area contributed by atoms with Crippen molar-refractivity contribution in [3.63, 3.8) is 0 Å². The van der Waals surface area contributed by atoms with Crippen molar-refractivity contribution in [2.75, 3.05) is 6.61 Å². The highest BCUT2D eigenvalue weighted by Gasteiger charge is 2.04. The Hall–Kier alpha value is -0.740. The van der Waals surface area contributed by atoms with Crippen molar-refractivity contribution in [3.05, 3.63) is 16.1 Å². The second kappa shape index (κ2) is 3.59. The fraction of sp³-hybridized carbons (Fsp3) is 0.429. The number of carbonyl (C=O) groups is 1. The summed E-state index contributed by atoms with van der Waals surface area (Å²) in [6.45, 7) is 1.54. The van der Waals surface area contributed by atoms with Crippen molar-refractivity contribution in [1.82, 2.24) is 4.98 Å². The van der Waals surface area contributed by atoms with Crippen LogP contribution in [0.2, 0.25) is 0 Å².